The second-order valence-electron chi connectivity index (χ2n) is 9.58. The van der Waals surface area contributed by atoms with Crippen molar-refractivity contribution in [3.8, 4) is 11.3 Å². The number of nitrogens with one attached hydrogen (secondary N) is 1. The Hall–Kier alpha value is -3.69. The van der Waals surface area contributed by atoms with Gasteiger partial charge in [-0.25, -0.2) is 14.2 Å². The summed E-state index contributed by atoms with van der Waals surface area (Å²) in [4.78, 5) is 38.3. The Kier molecular flexibility index (Phi) is 7.49. The molecule has 1 N–H and O–H groups in total. The van der Waals surface area contributed by atoms with Gasteiger partial charge in [-0.15, -0.1) is 11.3 Å². The maximum absolute atomic E-state index is 13.7. The molecule has 1 aliphatic rings. The van der Waals surface area contributed by atoms with Gasteiger partial charge in [-0.3, -0.25) is 20.0 Å². The van der Waals surface area contributed by atoms with Crippen LogP contribution in [-0.4, -0.2) is 45.4 Å². The van der Waals surface area contributed by atoms with Crippen LogP contribution in [0.4, 0.5) is 9.52 Å². The molecule has 2 aromatic heterocycles. The molecule has 1 aliphatic heterocycles. The van der Waals surface area contributed by atoms with Crippen LogP contribution in [-0.2, 0) is 22.5 Å². The Morgan fingerprint density at radius 3 is 2.63 bits per heavy atom. The first-order valence-corrected chi connectivity index (χ1v) is 13.6. The summed E-state index contributed by atoms with van der Waals surface area (Å²) in [5.74, 6) is -1.30. The van der Waals surface area contributed by atoms with E-state index < -0.39 is 18.0 Å². The highest BCUT2D eigenvalue weighted by molar-refractivity contribution is 7.14. The van der Waals surface area contributed by atoms with E-state index in [2.05, 4.69) is 29.0 Å². The summed E-state index contributed by atoms with van der Waals surface area (Å²) in [6, 6.07) is 13.9. The third kappa shape index (κ3) is 5.30. The number of benzene rings is 2. The normalized spacial score (nSPS) is 14.3. The van der Waals surface area contributed by atoms with E-state index in [1.807, 2.05) is 24.3 Å². The number of carbonyl (C=O) groups is 2. The molecule has 1 unspecified atom stereocenters. The molecular weight excluding hydrogens is 503 g/mol. The van der Waals surface area contributed by atoms with Gasteiger partial charge in [-0.1, -0.05) is 25.1 Å². The van der Waals surface area contributed by atoms with Crippen molar-refractivity contribution < 1.29 is 18.7 Å². The van der Waals surface area contributed by atoms with E-state index in [1.54, 1.807) is 24.4 Å². The summed E-state index contributed by atoms with van der Waals surface area (Å²) in [7, 11) is 0. The maximum Gasteiger partial charge on any atom is 0.340 e. The first kappa shape index (κ1) is 25.9. The number of fused-ring (bicyclic) bond motifs is 2. The number of halogens is 1. The molecular formula is C29H29FN4O3S. The fraction of sp³-hybridized carbons (Fsp3) is 0.310. The van der Waals surface area contributed by atoms with Gasteiger partial charge in [0, 0.05) is 53.1 Å². The Labute approximate surface area is 224 Å². The SMILES string of the molecule is CCC(OC(=O)c1c2c(nc3ccccc13)CCN(C(C)C)C2)C(=O)Nc1nc(-c2ccc(F)cc2)cs1. The van der Waals surface area contributed by atoms with E-state index in [0.717, 1.165) is 40.7 Å². The largest absolute Gasteiger partial charge is 0.449 e. The van der Waals surface area contributed by atoms with Crippen LogP contribution in [0.3, 0.4) is 0 Å². The summed E-state index contributed by atoms with van der Waals surface area (Å²) in [5.41, 5.74) is 4.36. The molecule has 3 heterocycles. The first-order chi connectivity index (χ1) is 18.3. The quantitative estimate of drug-likeness (QED) is 0.301. The molecule has 1 atom stereocenters. The molecule has 0 saturated heterocycles. The average Bonchev–Trinajstić information content (AvgIpc) is 3.38. The van der Waals surface area contributed by atoms with Gasteiger partial charge in [-0.2, -0.15) is 0 Å². The van der Waals surface area contributed by atoms with Crippen LogP contribution < -0.4 is 5.32 Å². The Morgan fingerprint density at radius 2 is 1.89 bits per heavy atom. The van der Waals surface area contributed by atoms with Crippen molar-refractivity contribution in [3.05, 3.63) is 76.5 Å². The summed E-state index contributed by atoms with van der Waals surface area (Å²) < 4.78 is 19.1. The van der Waals surface area contributed by atoms with Crippen molar-refractivity contribution in [1.29, 1.82) is 0 Å². The molecule has 0 fully saturated rings. The molecule has 38 heavy (non-hydrogen) atoms. The molecule has 0 aliphatic carbocycles. The highest BCUT2D eigenvalue weighted by atomic mass is 32.1. The topological polar surface area (TPSA) is 84.4 Å². The van der Waals surface area contributed by atoms with E-state index in [4.69, 9.17) is 9.72 Å². The third-order valence-electron chi connectivity index (χ3n) is 6.80. The Balaban J connectivity index is 1.38. The number of nitrogens with zero attached hydrogens (tertiary/aromatic N) is 3. The molecule has 4 aromatic rings. The second-order valence-corrected chi connectivity index (χ2v) is 10.4. The van der Waals surface area contributed by atoms with E-state index in [1.165, 1.54) is 23.5 Å². The van der Waals surface area contributed by atoms with Crippen LogP contribution in [0.5, 0.6) is 0 Å². The van der Waals surface area contributed by atoms with Gasteiger partial charge in [0.1, 0.15) is 5.82 Å². The number of pyridine rings is 1. The predicted molar refractivity (Wildman–Crippen MR) is 147 cm³/mol. The number of esters is 1. The number of amides is 1. The van der Waals surface area contributed by atoms with Gasteiger partial charge in [0.15, 0.2) is 11.2 Å². The number of rotatable bonds is 7. The van der Waals surface area contributed by atoms with Gasteiger partial charge in [0.05, 0.1) is 16.8 Å². The zero-order valence-electron chi connectivity index (χ0n) is 21.5. The monoisotopic (exact) mass is 532 g/mol. The Morgan fingerprint density at radius 1 is 1.13 bits per heavy atom. The van der Waals surface area contributed by atoms with Crippen molar-refractivity contribution in [3.63, 3.8) is 0 Å². The number of ether oxygens (including phenoxy) is 1. The van der Waals surface area contributed by atoms with Gasteiger partial charge < -0.3 is 4.74 Å². The lowest BCUT2D eigenvalue weighted by atomic mass is 9.95. The molecule has 9 heteroatoms. The minimum absolute atomic E-state index is 0.303. The lowest BCUT2D eigenvalue weighted by Crippen LogP contribution is -2.38. The number of carbonyl (C=O) groups excluding carboxylic acids is 2. The Bertz CT molecular complexity index is 1490. The average molecular weight is 533 g/mol. The zero-order valence-corrected chi connectivity index (χ0v) is 22.3. The minimum atomic E-state index is -0.993. The molecule has 7 nitrogen and oxygen atoms in total. The first-order valence-electron chi connectivity index (χ1n) is 12.7. The van der Waals surface area contributed by atoms with Gasteiger partial charge >= 0.3 is 5.97 Å². The molecule has 0 radical (unpaired) electrons. The van der Waals surface area contributed by atoms with Crippen molar-refractivity contribution in [2.45, 2.75) is 52.3 Å². The zero-order chi connectivity index (χ0) is 26.8. The van der Waals surface area contributed by atoms with E-state index in [-0.39, 0.29) is 5.82 Å². The number of anilines is 1. The third-order valence-corrected chi connectivity index (χ3v) is 7.55. The maximum atomic E-state index is 13.7. The highest BCUT2D eigenvalue weighted by Crippen LogP contribution is 2.30. The van der Waals surface area contributed by atoms with Crippen molar-refractivity contribution in [2.24, 2.45) is 0 Å². The lowest BCUT2D eigenvalue weighted by Gasteiger charge is -2.32. The van der Waals surface area contributed by atoms with Crippen molar-refractivity contribution in [1.82, 2.24) is 14.9 Å². The molecule has 2 aromatic carbocycles. The fourth-order valence-electron chi connectivity index (χ4n) is 4.67. The molecule has 5 rings (SSSR count). The predicted octanol–water partition coefficient (Wildman–Crippen LogP) is 5.84. The smallest absolute Gasteiger partial charge is 0.340 e. The number of aromatic nitrogens is 2. The van der Waals surface area contributed by atoms with E-state index >= 15 is 0 Å². The standard InChI is InChI=1S/C29H29FN4O3S/c1-4-25(27(35)33-29-32-24(16-38-29)18-9-11-19(30)12-10-18)37-28(36)26-20-7-5-6-8-22(20)31-23-13-14-34(17(2)3)15-21(23)26/h5-12,16-17,25H,4,13-15H2,1-3H3,(H,32,33,35). The molecule has 196 valence electrons. The van der Waals surface area contributed by atoms with E-state index in [0.29, 0.717) is 35.4 Å². The number of thiazole rings is 1. The van der Waals surface area contributed by atoms with Crippen LogP contribution in [0.15, 0.2) is 53.9 Å². The van der Waals surface area contributed by atoms with Crippen LogP contribution >= 0.6 is 11.3 Å². The van der Waals surface area contributed by atoms with Crippen molar-refractivity contribution in [2.75, 3.05) is 11.9 Å². The van der Waals surface area contributed by atoms with Crippen LogP contribution in [0.25, 0.3) is 22.2 Å². The molecule has 0 spiro atoms. The number of hydrogen-bond donors (Lipinski definition) is 1. The fourth-order valence-corrected chi connectivity index (χ4v) is 5.39. The van der Waals surface area contributed by atoms with E-state index in [9.17, 15) is 14.0 Å². The van der Waals surface area contributed by atoms with Gasteiger partial charge in [0.2, 0.25) is 0 Å². The van der Waals surface area contributed by atoms with Gasteiger partial charge in [0.25, 0.3) is 5.91 Å². The number of para-hydroxylation sites is 1. The summed E-state index contributed by atoms with van der Waals surface area (Å²) in [6.07, 6.45) is 0.0569. The molecule has 0 bridgehead atoms. The molecule has 0 saturated carbocycles. The van der Waals surface area contributed by atoms with Crippen LogP contribution in [0.1, 0.15) is 48.8 Å². The highest BCUT2D eigenvalue weighted by Gasteiger charge is 2.30. The lowest BCUT2D eigenvalue weighted by molar-refractivity contribution is -0.124. The second kappa shape index (κ2) is 11.0. The summed E-state index contributed by atoms with van der Waals surface area (Å²) in [5, 5.41) is 5.65. The molecule has 1 amide bonds. The van der Waals surface area contributed by atoms with Crippen LogP contribution in [0.2, 0.25) is 0 Å². The van der Waals surface area contributed by atoms with Gasteiger partial charge in [-0.05, 0) is 50.6 Å². The summed E-state index contributed by atoms with van der Waals surface area (Å²) in [6.45, 7) is 7.54. The minimum Gasteiger partial charge on any atom is -0.449 e. The van der Waals surface area contributed by atoms with Crippen molar-refractivity contribution >= 4 is 39.2 Å². The number of hydrogen-bond acceptors (Lipinski definition) is 7. The van der Waals surface area contributed by atoms with Crippen LogP contribution in [0, 0.1) is 5.82 Å². The summed E-state index contributed by atoms with van der Waals surface area (Å²) >= 11 is 1.25.